The van der Waals surface area contributed by atoms with Gasteiger partial charge in [-0.25, -0.2) is 4.39 Å². The van der Waals surface area contributed by atoms with E-state index in [0.717, 1.165) is 11.1 Å². The number of nitrogens with one attached hydrogen (secondary N) is 1. The van der Waals surface area contributed by atoms with Crippen LogP contribution in [0.2, 0.25) is 0 Å². The summed E-state index contributed by atoms with van der Waals surface area (Å²) in [4.78, 5) is 12.1. The van der Waals surface area contributed by atoms with Gasteiger partial charge in [0, 0.05) is 11.3 Å². The summed E-state index contributed by atoms with van der Waals surface area (Å²) < 4.78 is 13.0. The number of halogens is 1. The summed E-state index contributed by atoms with van der Waals surface area (Å²) >= 11 is 4.86. The summed E-state index contributed by atoms with van der Waals surface area (Å²) in [6.07, 6.45) is 0.203. The van der Waals surface area contributed by atoms with Gasteiger partial charge in [0.05, 0.1) is 6.42 Å². The molecule has 20 heavy (non-hydrogen) atoms. The lowest BCUT2D eigenvalue weighted by atomic mass is 10.1. The van der Waals surface area contributed by atoms with Crippen LogP contribution in [0.3, 0.4) is 0 Å². The number of amides is 1. The number of nitrogens with two attached hydrogens (primary N) is 1. The first kappa shape index (κ1) is 14.1. The Morgan fingerprint density at radius 1 is 1.20 bits per heavy atom. The van der Waals surface area contributed by atoms with E-state index in [9.17, 15) is 9.18 Å². The van der Waals surface area contributed by atoms with Gasteiger partial charge in [-0.05, 0) is 23.8 Å². The number of carbonyl (C=O) groups is 1. The number of anilines is 1. The standard InChI is InChI=1S/C15H13FN2OS/c16-12-2-1-3-13(9-12)18-14(19)8-10-4-6-11(7-5-10)15(17)20/h1-7,9H,8H2,(H2,17,20)(H,18,19). The first-order valence-electron chi connectivity index (χ1n) is 5.99. The third kappa shape index (κ3) is 3.86. The fraction of sp³-hybridized carbons (Fsp3) is 0.0667. The van der Waals surface area contributed by atoms with E-state index in [-0.39, 0.29) is 18.1 Å². The zero-order valence-electron chi connectivity index (χ0n) is 10.6. The van der Waals surface area contributed by atoms with Crippen LogP contribution >= 0.6 is 12.2 Å². The highest BCUT2D eigenvalue weighted by atomic mass is 32.1. The molecule has 0 spiro atoms. The van der Waals surface area contributed by atoms with E-state index in [1.807, 2.05) is 0 Å². The molecule has 0 saturated heterocycles. The molecular formula is C15H13FN2OS. The fourth-order valence-electron chi connectivity index (χ4n) is 1.74. The predicted molar refractivity (Wildman–Crippen MR) is 81.1 cm³/mol. The van der Waals surface area contributed by atoms with E-state index >= 15 is 0 Å². The van der Waals surface area contributed by atoms with E-state index in [2.05, 4.69) is 5.32 Å². The lowest BCUT2D eigenvalue weighted by Gasteiger charge is -2.06. The Morgan fingerprint density at radius 2 is 1.90 bits per heavy atom. The quantitative estimate of drug-likeness (QED) is 0.850. The molecule has 0 aliphatic carbocycles. The van der Waals surface area contributed by atoms with Crippen molar-refractivity contribution in [3.63, 3.8) is 0 Å². The van der Waals surface area contributed by atoms with Gasteiger partial charge in [-0.15, -0.1) is 0 Å². The molecule has 0 aliphatic heterocycles. The largest absolute Gasteiger partial charge is 0.389 e. The molecule has 2 aromatic rings. The van der Waals surface area contributed by atoms with Gasteiger partial charge in [0.15, 0.2) is 0 Å². The topological polar surface area (TPSA) is 55.1 Å². The number of hydrogen-bond acceptors (Lipinski definition) is 2. The maximum Gasteiger partial charge on any atom is 0.228 e. The van der Waals surface area contributed by atoms with Crippen molar-refractivity contribution in [3.05, 3.63) is 65.5 Å². The molecule has 0 heterocycles. The molecule has 0 bridgehead atoms. The minimum atomic E-state index is -0.386. The lowest BCUT2D eigenvalue weighted by molar-refractivity contribution is -0.115. The highest BCUT2D eigenvalue weighted by Gasteiger charge is 2.05. The summed E-state index contributed by atoms with van der Waals surface area (Å²) in [5.41, 5.74) is 7.53. The second kappa shape index (κ2) is 6.25. The molecule has 3 nitrogen and oxygen atoms in total. The van der Waals surface area contributed by atoms with Gasteiger partial charge in [0.25, 0.3) is 0 Å². The van der Waals surface area contributed by atoms with Crippen molar-refractivity contribution >= 4 is 28.8 Å². The van der Waals surface area contributed by atoms with Gasteiger partial charge in [-0.2, -0.15) is 0 Å². The first-order valence-corrected chi connectivity index (χ1v) is 6.39. The summed E-state index contributed by atoms with van der Waals surface area (Å²) in [7, 11) is 0. The van der Waals surface area contributed by atoms with E-state index in [1.54, 1.807) is 36.4 Å². The van der Waals surface area contributed by atoms with Crippen LogP contribution in [0.5, 0.6) is 0 Å². The first-order chi connectivity index (χ1) is 9.54. The van der Waals surface area contributed by atoms with Crippen LogP contribution in [0.4, 0.5) is 10.1 Å². The Morgan fingerprint density at radius 3 is 2.50 bits per heavy atom. The van der Waals surface area contributed by atoms with Gasteiger partial charge in [0.2, 0.25) is 5.91 Å². The molecular weight excluding hydrogens is 275 g/mol. The molecule has 0 aromatic heterocycles. The number of thiocarbonyl (C=S) groups is 1. The maximum absolute atomic E-state index is 13.0. The van der Waals surface area contributed by atoms with Crippen LogP contribution in [-0.4, -0.2) is 10.9 Å². The summed E-state index contributed by atoms with van der Waals surface area (Å²) in [5, 5.41) is 2.64. The van der Waals surface area contributed by atoms with Crippen LogP contribution in [0.1, 0.15) is 11.1 Å². The zero-order chi connectivity index (χ0) is 14.5. The average molecular weight is 288 g/mol. The lowest BCUT2D eigenvalue weighted by Crippen LogP contribution is -2.15. The molecule has 2 rings (SSSR count). The number of benzene rings is 2. The monoisotopic (exact) mass is 288 g/mol. The second-order valence-electron chi connectivity index (χ2n) is 4.30. The van der Waals surface area contributed by atoms with Gasteiger partial charge in [-0.3, -0.25) is 4.79 Å². The Balaban J connectivity index is 1.99. The smallest absolute Gasteiger partial charge is 0.228 e. The van der Waals surface area contributed by atoms with Gasteiger partial charge >= 0.3 is 0 Å². The SMILES string of the molecule is NC(=S)c1ccc(CC(=O)Nc2cccc(F)c2)cc1. The molecule has 3 N–H and O–H groups in total. The minimum Gasteiger partial charge on any atom is -0.389 e. The molecule has 5 heteroatoms. The Kier molecular flexibility index (Phi) is 4.42. The zero-order valence-corrected chi connectivity index (χ0v) is 11.4. The number of carbonyl (C=O) groups excluding carboxylic acids is 1. The van der Waals surface area contributed by atoms with Crippen molar-refractivity contribution in [2.75, 3.05) is 5.32 Å². The number of rotatable bonds is 4. The highest BCUT2D eigenvalue weighted by Crippen LogP contribution is 2.11. The van der Waals surface area contributed by atoms with Crippen molar-refractivity contribution in [3.8, 4) is 0 Å². The molecule has 0 saturated carbocycles. The normalized spacial score (nSPS) is 10.1. The molecule has 0 atom stereocenters. The van der Waals surface area contributed by atoms with Crippen molar-refractivity contribution in [1.82, 2.24) is 0 Å². The molecule has 0 unspecified atom stereocenters. The van der Waals surface area contributed by atoms with E-state index < -0.39 is 0 Å². The van der Waals surface area contributed by atoms with Crippen molar-refractivity contribution in [1.29, 1.82) is 0 Å². The Bertz CT molecular complexity index is 641. The van der Waals surface area contributed by atoms with Crippen LogP contribution in [-0.2, 0) is 11.2 Å². The van der Waals surface area contributed by atoms with Crippen molar-refractivity contribution < 1.29 is 9.18 Å². The molecule has 2 aromatic carbocycles. The predicted octanol–water partition coefficient (Wildman–Crippen LogP) is 2.64. The third-order valence-corrected chi connectivity index (χ3v) is 2.95. The second-order valence-corrected chi connectivity index (χ2v) is 4.74. The Labute approximate surface area is 121 Å². The highest BCUT2D eigenvalue weighted by molar-refractivity contribution is 7.80. The van der Waals surface area contributed by atoms with Crippen molar-refractivity contribution in [2.24, 2.45) is 5.73 Å². The maximum atomic E-state index is 13.0. The molecule has 0 fully saturated rings. The van der Waals surface area contributed by atoms with E-state index in [0.29, 0.717) is 10.7 Å². The van der Waals surface area contributed by atoms with Crippen LogP contribution in [0, 0.1) is 5.82 Å². The summed E-state index contributed by atoms with van der Waals surface area (Å²) in [6.45, 7) is 0. The fourth-order valence-corrected chi connectivity index (χ4v) is 1.88. The molecule has 0 aliphatic rings. The van der Waals surface area contributed by atoms with Gasteiger partial charge < -0.3 is 11.1 Å². The van der Waals surface area contributed by atoms with Crippen LogP contribution in [0.15, 0.2) is 48.5 Å². The van der Waals surface area contributed by atoms with Crippen LogP contribution < -0.4 is 11.1 Å². The van der Waals surface area contributed by atoms with E-state index in [1.165, 1.54) is 12.1 Å². The molecule has 0 radical (unpaired) electrons. The van der Waals surface area contributed by atoms with Crippen molar-refractivity contribution in [2.45, 2.75) is 6.42 Å². The summed E-state index contributed by atoms with van der Waals surface area (Å²) in [5.74, 6) is -0.595. The van der Waals surface area contributed by atoms with Gasteiger partial charge in [0.1, 0.15) is 10.8 Å². The Hall–Kier alpha value is -2.27. The average Bonchev–Trinajstić information content (AvgIpc) is 2.39. The minimum absolute atomic E-state index is 0.203. The number of hydrogen-bond donors (Lipinski definition) is 2. The van der Waals surface area contributed by atoms with Gasteiger partial charge in [-0.1, -0.05) is 42.5 Å². The molecule has 102 valence electrons. The summed E-state index contributed by atoms with van der Waals surface area (Å²) in [6, 6.07) is 12.9. The third-order valence-electron chi connectivity index (χ3n) is 2.71. The molecule has 1 amide bonds. The van der Waals surface area contributed by atoms with E-state index in [4.69, 9.17) is 18.0 Å². The van der Waals surface area contributed by atoms with Crippen LogP contribution in [0.25, 0.3) is 0 Å².